The minimum Gasteiger partial charge on any atom is -0.497 e. The molecular formula is C23H31N3O5. The number of ether oxygens (including phenoxy) is 4. The summed E-state index contributed by atoms with van der Waals surface area (Å²) in [5, 5.41) is 6.79. The molecular weight excluding hydrogens is 398 g/mol. The number of furan rings is 1. The Bertz CT molecular complexity index is 816. The number of guanidine groups is 1. The largest absolute Gasteiger partial charge is 0.497 e. The van der Waals surface area contributed by atoms with E-state index in [1.54, 1.807) is 13.4 Å². The van der Waals surface area contributed by atoms with E-state index >= 15 is 0 Å². The molecule has 0 radical (unpaired) electrons. The smallest absolute Gasteiger partial charge is 0.191 e. The van der Waals surface area contributed by atoms with Crippen LogP contribution in [-0.2, 0) is 27.2 Å². The highest BCUT2D eigenvalue weighted by molar-refractivity contribution is 5.79. The average Bonchev–Trinajstić information content (AvgIpc) is 3.46. The van der Waals surface area contributed by atoms with E-state index in [2.05, 4.69) is 10.6 Å². The molecule has 8 nitrogen and oxygen atoms in total. The van der Waals surface area contributed by atoms with Crippen LogP contribution in [0.1, 0.15) is 24.2 Å². The van der Waals surface area contributed by atoms with Crippen LogP contribution in [0.15, 0.2) is 52.1 Å². The molecule has 1 aromatic heterocycles. The van der Waals surface area contributed by atoms with Crippen molar-refractivity contribution in [3.63, 3.8) is 0 Å². The molecule has 1 unspecified atom stereocenters. The molecule has 2 aromatic rings. The minimum absolute atomic E-state index is 0.0174. The van der Waals surface area contributed by atoms with Gasteiger partial charge < -0.3 is 34.0 Å². The molecule has 0 aliphatic carbocycles. The molecule has 2 saturated heterocycles. The van der Waals surface area contributed by atoms with Crippen LogP contribution in [0, 0.1) is 0 Å². The Hall–Kier alpha value is -2.55. The molecule has 3 heterocycles. The van der Waals surface area contributed by atoms with E-state index in [4.69, 9.17) is 28.4 Å². The van der Waals surface area contributed by atoms with Gasteiger partial charge in [-0.2, -0.15) is 0 Å². The van der Waals surface area contributed by atoms with Gasteiger partial charge in [0, 0.05) is 32.4 Å². The summed E-state index contributed by atoms with van der Waals surface area (Å²) < 4.78 is 28.3. The number of benzene rings is 1. The van der Waals surface area contributed by atoms with E-state index < -0.39 is 5.79 Å². The maximum atomic E-state index is 6.22. The lowest BCUT2D eigenvalue weighted by molar-refractivity contribution is -0.210. The van der Waals surface area contributed by atoms with Gasteiger partial charge in [-0.05, 0) is 29.8 Å². The zero-order valence-corrected chi connectivity index (χ0v) is 18.0. The first kappa shape index (κ1) is 21.7. The molecule has 2 aliphatic heterocycles. The van der Waals surface area contributed by atoms with Gasteiger partial charge in [-0.25, -0.2) is 4.99 Å². The highest BCUT2D eigenvalue weighted by Gasteiger charge is 2.42. The summed E-state index contributed by atoms with van der Waals surface area (Å²) in [7, 11) is 1.66. The highest BCUT2D eigenvalue weighted by Crippen LogP contribution is 2.32. The lowest BCUT2D eigenvalue weighted by atomic mass is 10.1. The van der Waals surface area contributed by atoms with Crippen LogP contribution in [-0.4, -0.2) is 57.9 Å². The SMILES string of the molecule is COc1ccc(CN=C(NCCc2ccco2)NCC2COC3(CCOCC3)O2)cc1. The Morgan fingerprint density at radius 3 is 2.74 bits per heavy atom. The fraction of sp³-hybridized carbons (Fsp3) is 0.522. The quantitative estimate of drug-likeness (QED) is 0.492. The molecule has 1 spiro atoms. The van der Waals surface area contributed by atoms with Crippen molar-refractivity contribution >= 4 is 5.96 Å². The second-order valence-corrected chi connectivity index (χ2v) is 7.72. The van der Waals surface area contributed by atoms with Crippen LogP contribution in [0.4, 0.5) is 0 Å². The van der Waals surface area contributed by atoms with Crippen molar-refractivity contribution in [1.29, 1.82) is 0 Å². The fourth-order valence-corrected chi connectivity index (χ4v) is 3.71. The van der Waals surface area contributed by atoms with Crippen molar-refractivity contribution in [2.45, 2.75) is 37.7 Å². The molecule has 168 valence electrons. The number of nitrogens with zero attached hydrogens (tertiary/aromatic N) is 1. The lowest BCUT2D eigenvalue weighted by Crippen LogP contribution is -2.43. The Labute approximate surface area is 182 Å². The van der Waals surface area contributed by atoms with Crippen LogP contribution < -0.4 is 15.4 Å². The van der Waals surface area contributed by atoms with E-state index in [0.717, 1.165) is 42.3 Å². The molecule has 0 bridgehead atoms. The summed E-state index contributed by atoms with van der Waals surface area (Å²) in [4.78, 5) is 4.74. The highest BCUT2D eigenvalue weighted by atomic mass is 16.7. The summed E-state index contributed by atoms with van der Waals surface area (Å²) in [5.41, 5.74) is 1.11. The summed E-state index contributed by atoms with van der Waals surface area (Å²) >= 11 is 0. The number of hydrogen-bond acceptors (Lipinski definition) is 6. The molecule has 2 fully saturated rings. The lowest BCUT2D eigenvalue weighted by Gasteiger charge is -2.31. The van der Waals surface area contributed by atoms with Crippen LogP contribution in [0.2, 0.25) is 0 Å². The van der Waals surface area contributed by atoms with E-state index in [1.807, 2.05) is 36.4 Å². The van der Waals surface area contributed by atoms with Crippen molar-refractivity contribution in [3.05, 3.63) is 54.0 Å². The predicted molar refractivity (Wildman–Crippen MR) is 116 cm³/mol. The number of hydrogen-bond donors (Lipinski definition) is 2. The Balaban J connectivity index is 1.32. The van der Waals surface area contributed by atoms with E-state index in [1.165, 1.54) is 0 Å². The fourth-order valence-electron chi connectivity index (χ4n) is 3.71. The van der Waals surface area contributed by atoms with Crippen molar-refractivity contribution in [2.24, 2.45) is 4.99 Å². The van der Waals surface area contributed by atoms with Gasteiger partial charge in [0.2, 0.25) is 0 Å². The first-order chi connectivity index (χ1) is 15.2. The van der Waals surface area contributed by atoms with Gasteiger partial charge in [0.25, 0.3) is 0 Å². The maximum Gasteiger partial charge on any atom is 0.191 e. The van der Waals surface area contributed by atoms with Crippen LogP contribution in [0.25, 0.3) is 0 Å². The Morgan fingerprint density at radius 1 is 1.16 bits per heavy atom. The summed E-state index contributed by atoms with van der Waals surface area (Å²) in [6.45, 7) is 3.84. The number of aliphatic imine (C=N–C) groups is 1. The van der Waals surface area contributed by atoms with Gasteiger partial charge >= 0.3 is 0 Å². The van der Waals surface area contributed by atoms with Gasteiger partial charge in [0.05, 0.1) is 39.7 Å². The predicted octanol–water partition coefficient (Wildman–Crippen LogP) is 2.49. The number of rotatable bonds is 8. The maximum absolute atomic E-state index is 6.22. The van der Waals surface area contributed by atoms with Gasteiger partial charge in [-0.15, -0.1) is 0 Å². The third-order valence-electron chi connectivity index (χ3n) is 5.49. The second-order valence-electron chi connectivity index (χ2n) is 7.72. The molecule has 31 heavy (non-hydrogen) atoms. The van der Waals surface area contributed by atoms with E-state index in [-0.39, 0.29) is 6.10 Å². The summed E-state index contributed by atoms with van der Waals surface area (Å²) in [6.07, 6.45) is 4.02. The van der Waals surface area contributed by atoms with Gasteiger partial charge in [0.15, 0.2) is 11.7 Å². The first-order valence-corrected chi connectivity index (χ1v) is 10.8. The first-order valence-electron chi connectivity index (χ1n) is 10.8. The zero-order valence-electron chi connectivity index (χ0n) is 18.0. The second kappa shape index (κ2) is 10.7. The van der Waals surface area contributed by atoms with Crippen molar-refractivity contribution in [2.75, 3.05) is 40.0 Å². The average molecular weight is 430 g/mol. The zero-order chi connectivity index (χ0) is 21.4. The minimum atomic E-state index is -0.474. The molecule has 4 rings (SSSR count). The Morgan fingerprint density at radius 2 is 2.00 bits per heavy atom. The monoisotopic (exact) mass is 429 g/mol. The van der Waals surface area contributed by atoms with Crippen LogP contribution in [0.3, 0.4) is 0 Å². The van der Waals surface area contributed by atoms with E-state index in [9.17, 15) is 0 Å². The molecule has 0 amide bonds. The normalized spacial score (nSPS) is 20.7. The standard InChI is InChI=1S/C23H31N3O5/c1-27-19-6-4-18(5-7-19)15-25-22(24-11-8-20-3-2-12-29-20)26-16-21-17-30-23(31-21)9-13-28-14-10-23/h2-7,12,21H,8-11,13-17H2,1H3,(H2,24,25,26). The molecule has 2 N–H and O–H groups in total. The van der Waals surface area contributed by atoms with Crippen LogP contribution in [0.5, 0.6) is 5.75 Å². The third-order valence-corrected chi connectivity index (χ3v) is 5.49. The van der Waals surface area contributed by atoms with Crippen molar-refractivity contribution in [3.8, 4) is 5.75 Å². The molecule has 8 heteroatoms. The molecule has 1 aromatic carbocycles. The van der Waals surface area contributed by atoms with E-state index in [0.29, 0.717) is 39.5 Å². The van der Waals surface area contributed by atoms with Crippen LogP contribution >= 0.6 is 0 Å². The van der Waals surface area contributed by atoms with Gasteiger partial charge in [-0.3, -0.25) is 0 Å². The van der Waals surface area contributed by atoms with Gasteiger partial charge in [-0.1, -0.05) is 12.1 Å². The summed E-state index contributed by atoms with van der Waals surface area (Å²) in [6, 6.07) is 11.8. The number of methoxy groups -OCH3 is 1. The topological polar surface area (TPSA) is 86.5 Å². The van der Waals surface area contributed by atoms with Gasteiger partial charge in [0.1, 0.15) is 17.6 Å². The van der Waals surface area contributed by atoms with Crippen molar-refractivity contribution < 1.29 is 23.4 Å². The Kier molecular flexibility index (Phi) is 7.45. The number of nitrogens with one attached hydrogen (secondary N) is 2. The molecule has 0 saturated carbocycles. The summed E-state index contributed by atoms with van der Waals surface area (Å²) in [5.74, 6) is 2.04. The van der Waals surface area contributed by atoms with Crippen molar-refractivity contribution in [1.82, 2.24) is 10.6 Å². The third kappa shape index (κ3) is 6.22. The molecule has 1 atom stereocenters. The molecule has 2 aliphatic rings.